The van der Waals surface area contributed by atoms with Gasteiger partial charge in [-0.15, -0.1) is 0 Å². The van der Waals surface area contributed by atoms with Gasteiger partial charge in [0.15, 0.2) is 6.10 Å². The van der Waals surface area contributed by atoms with E-state index in [-0.39, 0.29) is 38.6 Å². The number of phosphoric acid groups is 1. The Balaban J connectivity index is 4.00. The van der Waals surface area contributed by atoms with Gasteiger partial charge in [0.1, 0.15) is 6.61 Å². The molecule has 0 aliphatic rings. The fraction of sp³-hybridized carbons (Fsp3) is 0.875. The van der Waals surface area contributed by atoms with Crippen molar-refractivity contribution in [2.24, 2.45) is 5.73 Å². The van der Waals surface area contributed by atoms with Gasteiger partial charge in [-0.1, -0.05) is 212 Å². The zero-order valence-electron chi connectivity index (χ0n) is 37.8. The second-order valence-corrected chi connectivity index (χ2v) is 17.8. The molecule has 0 heterocycles. The minimum Gasteiger partial charge on any atom is -0.462 e. The number of esters is 2. The predicted octanol–water partition coefficient (Wildman–Crippen LogP) is 14.3. The molecule has 0 aliphatic heterocycles. The van der Waals surface area contributed by atoms with E-state index in [0.717, 1.165) is 64.2 Å². The molecule has 0 aromatic rings. The van der Waals surface area contributed by atoms with Gasteiger partial charge in [0.05, 0.1) is 13.2 Å². The number of phosphoric ester groups is 1. The lowest BCUT2D eigenvalue weighted by Gasteiger charge is -2.19. The van der Waals surface area contributed by atoms with E-state index in [2.05, 4.69) is 38.2 Å². The molecule has 0 bridgehead atoms. The molecule has 0 aromatic carbocycles. The quantitative estimate of drug-likeness (QED) is 0.0266. The largest absolute Gasteiger partial charge is 0.472 e. The number of nitrogens with two attached hydrogens (primary N) is 1. The van der Waals surface area contributed by atoms with Crippen LogP contribution in [0.5, 0.6) is 0 Å². The third-order valence-electron chi connectivity index (χ3n) is 10.6. The van der Waals surface area contributed by atoms with Crippen LogP contribution in [-0.2, 0) is 32.7 Å². The SMILES string of the molecule is CCCC/C=C\C/C=C\CCCCCCCC(=O)OC(COC(=O)CCCCCCCCCCCCCCCCCCCCCCCCC)COP(=O)(O)OCCN. The molecule has 9 nitrogen and oxygen atoms in total. The summed E-state index contributed by atoms with van der Waals surface area (Å²) in [5.74, 6) is -0.834. The van der Waals surface area contributed by atoms with Crippen molar-refractivity contribution in [3.63, 3.8) is 0 Å². The molecular weight excluding hydrogens is 750 g/mol. The minimum absolute atomic E-state index is 0.0526. The highest BCUT2D eigenvalue weighted by Crippen LogP contribution is 2.43. The number of allylic oxidation sites excluding steroid dienone is 4. The zero-order chi connectivity index (χ0) is 42.5. The molecule has 3 N–H and O–H groups in total. The topological polar surface area (TPSA) is 134 Å². The van der Waals surface area contributed by atoms with E-state index in [1.165, 1.54) is 141 Å². The number of unbranched alkanes of at least 4 members (excludes halogenated alkanes) is 29. The van der Waals surface area contributed by atoms with Gasteiger partial charge < -0.3 is 20.1 Å². The Morgan fingerprint density at radius 1 is 0.517 bits per heavy atom. The van der Waals surface area contributed by atoms with Crippen molar-refractivity contribution >= 4 is 19.8 Å². The fourth-order valence-electron chi connectivity index (χ4n) is 6.95. The maximum atomic E-state index is 12.6. The van der Waals surface area contributed by atoms with E-state index < -0.39 is 26.5 Å². The summed E-state index contributed by atoms with van der Waals surface area (Å²) in [5.41, 5.74) is 5.35. The van der Waals surface area contributed by atoms with Gasteiger partial charge in [0, 0.05) is 19.4 Å². The van der Waals surface area contributed by atoms with Crippen molar-refractivity contribution in [1.29, 1.82) is 0 Å². The summed E-state index contributed by atoms with van der Waals surface area (Å²) in [7, 11) is -4.38. The first kappa shape index (κ1) is 56.5. The lowest BCUT2D eigenvalue weighted by molar-refractivity contribution is -0.161. The number of carbonyl (C=O) groups is 2. The standard InChI is InChI=1S/C48H92NO8P/c1-3-5-7-9-11-13-15-17-19-20-21-22-23-24-25-26-27-29-30-32-34-36-38-40-47(50)54-44-46(45-56-58(52,53)55-43-42-49)57-48(51)41-39-37-35-33-31-28-18-16-14-12-10-8-6-4-2/h10,12,16,18,46H,3-9,11,13-15,17,19-45,49H2,1-2H3,(H,52,53)/b12-10-,18-16-. The molecule has 0 rings (SSSR count). The molecule has 0 spiro atoms. The molecule has 0 saturated heterocycles. The average Bonchev–Trinajstić information content (AvgIpc) is 3.21. The first-order chi connectivity index (χ1) is 28.3. The van der Waals surface area contributed by atoms with Crippen molar-refractivity contribution in [2.75, 3.05) is 26.4 Å². The highest BCUT2D eigenvalue weighted by molar-refractivity contribution is 7.47. The number of rotatable bonds is 46. The number of carbonyl (C=O) groups excluding carboxylic acids is 2. The van der Waals surface area contributed by atoms with E-state index in [1.807, 2.05) is 0 Å². The summed E-state index contributed by atoms with van der Waals surface area (Å²) in [6.45, 7) is 3.71. The third kappa shape index (κ3) is 44.1. The molecule has 0 aromatic heterocycles. The summed E-state index contributed by atoms with van der Waals surface area (Å²) < 4.78 is 32.8. The predicted molar refractivity (Wildman–Crippen MR) is 243 cm³/mol. The normalized spacial score (nSPS) is 13.4. The Labute approximate surface area is 357 Å². The van der Waals surface area contributed by atoms with Crippen LogP contribution in [0.4, 0.5) is 0 Å². The summed E-state index contributed by atoms with van der Waals surface area (Å²) in [6.07, 6.45) is 49.3. The molecule has 0 fully saturated rings. The Bertz CT molecular complexity index is 1010. The van der Waals surface area contributed by atoms with Crippen LogP contribution in [0.2, 0.25) is 0 Å². The van der Waals surface area contributed by atoms with Gasteiger partial charge in [-0.3, -0.25) is 18.6 Å². The molecule has 0 saturated carbocycles. The van der Waals surface area contributed by atoms with Gasteiger partial charge in [0.2, 0.25) is 0 Å². The van der Waals surface area contributed by atoms with Crippen LogP contribution in [0.3, 0.4) is 0 Å². The van der Waals surface area contributed by atoms with Crippen molar-refractivity contribution in [1.82, 2.24) is 0 Å². The molecule has 0 aliphatic carbocycles. The maximum absolute atomic E-state index is 12.6. The Morgan fingerprint density at radius 2 is 0.914 bits per heavy atom. The van der Waals surface area contributed by atoms with Gasteiger partial charge >= 0.3 is 19.8 Å². The number of hydrogen-bond acceptors (Lipinski definition) is 8. The van der Waals surface area contributed by atoms with E-state index >= 15 is 0 Å². The van der Waals surface area contributed by atoms with Crippen LogP contribution < -0.4 is 5.73 Å². The van der Waals surface area contributed by atoms with Crippen LogP contribution in [0, 0.1) is 0 Å². The van der Waals surface area contributed by atoms with Crippen LogP contribution in [0.15, 0.2) is 24.3 Å². The average molecular weight is 842 g/mol. The van der Waals surface area contributed by atoms with Crippen molar-refractivity contribution in [3.8, 4) is 0 Å². The second-order valence-electron chi connectivity index (χ2n) is 16.3. The van der Waals surface area contributed by atoms with Crippen molar-refractivity contribution in [2.45, 2.75) is 245 Å². The third-order valence-corrected chi connectivity index (χ3v) is 11.6. The summed E-state index contributed by atoms with van der Waals surface area (Å²) in [4.78, 5) is 34.9. The van der Waals surface area contributed by atoms with Gasteiger partial charge in [-0.2, -0.15) is 0 Å². The maximum Gasteiger partial charge on any atom is 0.472 e. The number of ether oxygens (including phenoxy) is 2. The molecule has 10 heteroatoms. The zero-order valence-corrected chi connectivity index (χ0v) is 38.7. The van der Waals surface area contributed by atoms with Crippen LogP contribution >= 0.6 is 7.82 Å². The molecule has 0 radical (unpaired) electrons. The van der Waals surface area contributed by atoms with Gasteiger partial charge in [-0.05, 0) is 38.5 Å². The first-order valence-corrected chi connectivity index (χ1v) is 25.8. The van der Waals surface area contributed by atoms with Gasteiger partial charge in [-0.25, -0.2) is 4.57 Å². The van der Waals surface area contributed by atoms with Crippen LogP contribution in [-0.4, -0.2) is 49.3 Å². The summed E-state index contributed by atoms with van der Waals surface area (Å²) in [5, 5.41) is 0. The summed E-state index contributed by atoms with van der Waals surface area (Å²) in [6, 6.07) is 0. The van der Waals surface area contributed by atoms with Crippen LogP contribution in [0.25, 0.3) is 0 Å². The first-order valence-electron chi connectivity index (χ1n) is 24.3. The monoisotopic (exact) mass is 842 g/mol. The fourth-order valence-corrected chi connectivity index (χ4v) is 7.71. The highest BCUT2D eigenvalue weighted by Gasteiger charge is 2.26. The van der Waals surface area contributed by atoms with Gasteiger partial charge in [0.25, 0.3) is 0 Å². The lowest BCUT2D eigenvalue weighted by Crippen LogP contribution is -2.29. The Kier molecular flexibility index (Phi) is 43.9. The smallest absolute Gasteiger partial charge is 0.462 e. The molecule has 342 valence electrons. The molecule has 58 heavy (non-hydrogen) atoms. The molecule has 0 amide bonds. The van der Waals surface area contributed by atoms with Crippen LogP contribution in [0.1, 0.15) is 239 Å². The highest BCUT2D eigenvalue weighted by atomic mass is 31.2. The van der Waals surface area contributed by atoms with E-state index in [9.17, 15) is 19.0 Å². The Morgan fingerprint density at radius 3 is 1.36 bits per heavy atom. The minimum atomic E-state index is -4.38. The number of hydrogen-bond donors (Lipinski definition) is 2. The van der Waals surface area contributed by atoms with E-state index in [1.54, 1.807) is 0 Å². The summed E-state index contributed by atoms with van der Waals surface area (Å²) >= 11 is 0. The van der Waals surface area contributed by atoms with E-state index in [0.29, 0.717) is 6.42 Å². The second kappa shape index (κ2) is 45.0. The molecule has 2 atom stereocenters. The van der Waals surface area contributed by atoms with E-state index in [4.69, 9.17) is 24.3 Å². The Hall–Kier alpha value is -1.51. The van der Waals surface area contributed by atoms with Crippen molar-refractivity contribution in [3.05, 3.63) is 24.3 Å². The van der Waals surface area contributed by atoms with Crippen molar-refractivity contribution < 1.29 is 37.6 Å². The molecular formula is C48H92NO8P. The molecule has 2 unspecified atom stereocenters. The lowest BCUT2D eigenvalue weighted by atomic mass is 10.0.